The van der Waals surface area contributed by atoms with E-state index in [0.29, 0.717) is 34.3 Å². The monoisotopic (exact) mass is 575 g/mol. The van der Waals surface area contributed by atoms with E-state index in [1.807, 2.05) is 30.3 Å². The second-order valence-electron chi connectivity index (χ2n) is 8.71. The van der Waals surface area contributed by atoms with E-state index in [1.54, 1.807) is 42.5 Å². The van der Waals surface area contributed by atoms with Crippen molar-refractivity contribution in [3.8, 4) is 17.2 Å². The molecule has 0 saturated carbocycles. The van der Waals surface area contributed by atoms with Crippen molar-refractivity contribution in [1.29, 1.82) is 0 Å². The Morgan fingerprint density at radius 3 is 2.20 bits per heavy atom. The highest BCUT2D eigenvalue weighted by Gasteiger charge is 2.37. The van der Waals surface area contributed by atoms with Crippen LogP contribution >= 0.6 is 11.5 Å². The molecule has 0 fully saturated rings. The summed E-state index contributed by atoms with van der Waals surface area (Å²) < 4.78 is 20.4. The Bertz CT molecular complexity index is 1560. The molecule has 0 aliphatic carbocycles. The molecule has 3 amide bonds. The number of nitrogens with two attached hydrogens (primary N) is 2. The summed E-state index contributed by atoms with van der Waals surface area (Å²) in [4.78, 5) is 41.5. The summed E-state index contributed by atoms with van der Waals surface area (Å²) in [6.07, 6.45) is 0. The highest BCUT2D eigenvalue weighted by Crippen LogP contribution is 2.40. The van der Waals surface area contributed by atoms with Crippen LogP contribution in [0.1, 0.15) is 37.3 Å². The van der Waals surface area contributed by atoms with E-state index in [4.69, 9.17) is 25.7 Å². The number of ether oxygens (including phenoxy) is 3. The molecule has 0 radical (unpaired) electrons. The fraction of sp³-hybridized carbons (Fsp3) is 0.172. The Hall–Kier alpha value is -5.10. The molecule has 0 unspecified atom stereocenters. The van der Waals surface area contributed by atoms with Crippen molar-refractivity contribution in [3.05, 3.63) is 94.5 Å². The van der Waals surface area contributed by atoms with Gasteiger partial charge >= 0.3 is 0 Å². The van der Waals surface area contributed by atoms with Crippen LogP contribution in [-0.2, 0) is 11.3 Å². The lowest BCUT2D eigenvalue weighted by atomic mass is 10.0. The van der Waals surface area contributed by atoms with Crippen LogP contribution in [0.4, 0.5) is 11.4 Å². The molecular formula is C29H29N5O6S. The zero-order valence-electron chi connectivity index (χ0n) is 22.6. The molecule has 0 aliphatic heterocycles. The molecular weight excluding hydrogens is 546 g/mol. The molecule has 4 rings (SSSR count). The zero-order chi connectivity index (χ0) is 29.5. The number of amides is 3. The largest absolute Gasteiger partial charge is 0.495 e. The molecule has 1 aromatic heterocycles. The number of hydrogen-bond acceptors (Lipinski definition) is 9. The van der Waals surface area contributed by atoms with E-state index >= 15 is 0 Å². The van der Waals surface area contributed by atoms with Gasteiger partial charge in [0.2, 0.25) is 5.91 Å². The van der Waals surface area contributed by atoms with Gasteiger partial charge in [0.15, 0.2) is 17.2 Å². The van der Waals surface area contributed by atoms with Crippen LogP contribution in [0, 0.1) is 0 Å². The number of nitrogen functional groups attached to an aromatic ring is 1. The third-order valence-electron chi connectivity index (χ3n) is 6.26. The lowest BCUT2D eigenvalue weighted by Gasteiger charge is -2.32. The lowest BCUT2D eigenvalue weighted by molar-refractivity contribution is -0.122. The predicted octanol–water partition coefficient (Wildman–Crippen LogP) is 3.55. The number of methoxy groups -OCH3 is 3. The summed E-state index contributed by atoms with van der Waals surface area (Å²) >= 11 is 0.713. The second kappa shape index (κ2) is 12.8. The van der Waals surface area contributed by atoms with Gasteiger partial charge in [-0.3, -0.25) is 19.3 Å². The van der Waals surface area contributed by atoms with Crippen LogP contribution in [0.15, 0.2) is 72.8 Å². The van der Waals surface area contributed by atoms with Gasteiger partial charge in [-0.2, -0.15) is 4.37 Å². The first kappa shape index (κ1) is 28.9. The number of nitrogens with one attached hydrogen (secondary N) is 1. The van der Waals surface area contributed by atoms with Gasteiger partial charge in [-0.15, -0.1) is 0 Å². The number of carbonyl (C=O) groups is 3. The van der Waals surface area contributed by atoms with Crippen LogP contribution < -0.4 is 35.9 Å². The summed E-state index contributed by atoms with van der Waals surface area (Å²) in [5.41, 5.74) is 12.7. The SMILES string of the molecule is COc1ccc([C@H](C(=O)NCc2ccccc2)N(C(=O)c2snc(C(N)=O)c2N)c2ccccc2OC)cc1OC. The number of benzene rings is 3. The molecule has 0 bridgehead atoms. The van der Waals surface area contributed by atoms with Crippen molar-refractivity contribution in [2.45, 2.75) is 12.6 Å². The van der Waals surface area contributed by atoms with Crippen molar-refractivity contribution >= 4 is 40.6 Å². The molecule has 0 aliphatic rings. The molecule has 12 heteroatoms. The van der Waals surface area contributed by atoms with Crippen molar-refractivity contribution in [1.82, 2.24) is 9.69 Å². The van der Waals surface area contributed by atoms with Crippen molar-refractivity contribution < 1.29 is 28.6 Å². The molecule has 41 heavy (non-hydrogen) atoms. The Morgan fingerprint density at radius 2 is 1.56 bits per heavy atom. The van der Waals surface area contributed by atoms with E-state index in [9.17, 15) is 14.4 Å². The number of primary amides is 1. The smallest absolute Gasteiger partial charge is 0.273 e. The average molecular weight is 576 g/mol. The van der Waals surface area contributed by atoms with E-state index in [0.717, 1.165) is 5.56 Å². The molecule has 3 aromatic carbocycles. The van der Waals surface area contributed by atoms with Crippen LogP contribution in [0.2, 0.25) is 0 Å². The van der Waals surface area contributed by atoms with E-state index in [-0.39, 0.29) is 28.5 Å². The number of nitrogens with zero attached hydrogens (tertiary/aromatic N) is 2. The average Bonchev–Trinajstić information content (AvgIpc) is 3.39. The molecule has 0 spiro atoms. The maximum Gasteiger partial charge on any atom is 0.273 e. The van der Waals surface area contributed by atoms with Crippen molar-refractivity contribution in [2.24, 2.45) is 5.73 Å². The standard InChI is InChI=1S/C29H29N5O6S/c1-38-20-12-8-7-11-19(20)34(29(37)26-23(30)24(27(31)35)33-41-26)25(18-13-14-21(39-2)22(15-18)40-3)28(36)32-16-17-9-5-4-6-10-17/h4-15,25H,16,30H2,1-3H3,(H2,31,35)(H,32,36)/t25-/m1/s1. The normalized spacial score (nSPS) is 11.3. The quantitative estimate of drug-likeness (QED) is 0.245. The third kappa shape index (κ3) is 6.07. The molecule has 212 valence electrons. The highest BCUT2D eigenvalue weighted by molar-refractivity contribution is 7.09. The third-order valence-corrected chi connectivity index (χ3v) is 7.11. The second-order valence-corrected chi connectivity index (χ2v) is 9.48. The molecule has 0 saturated heterocycles. The number of rotatable bonds is 11. The highest BCUT2D eigenvalue weighted by atomic mass is 32.1. The van der Waals surface area contributed by atoms with Gasteiger partial charge < -0.3 is 31.0 Å². The zero-order valence-corrected chi connectivity index (χ0v) is 23.4. The van der Waals surface area contributed by atoms with Gasteiger partial charge in [-0.05, 0) is 46.9 Å². The first-order valence-corrected chi connectivity index (χ1v) is 13.1. The molecule has 11 nitrogen and oxygen atoms in total. The lowest BCUT2D eigenvalue weighted by Crippen LogP contribution is -2.44. The van der Waals surface area contributed by atoms with Crippen molar-refractivity contribution in [2.75, 3.05) is 32.0 Å². The summed E-state index contributed by atoms with van der Waals surface area (Å²) in [6, 6.07) is 19.8. The number of para-hydroxylation sites is 2. The number of aromatic nitrogens is 1. The first-order chi connectivity index (χ1) is 19.8. The molecule has 1 heterocycles. The Labute approximate surface area is 240 Å². The fourth-order valence-corrected chi connectivity index (χ4v) is 5.00. The number of anilines is 2. The van der Waals surface area contributed by atoms with E-state index < -0.39 is 23.8 Å². The predicted molar refractivity (Wildman–Crippen MR) is 155 cm³/mol. The Kier molecular flexibility index (Phi) is 9.05. The van der Waals surface area contributed by atoms with Gasteiger partial charge in [0.1, 0.15) is 16.7 Å². The minimum Gasteiger partial charge on any atom is -0.495 e. The van der Waals surface area contributed by atoms with Gasteiger partial charge in [0.05, 0.1) is 32.7 Å². The molecule has 1 atom stereocenters. The minimum atomic E-state index is -1.25. The van der Waals surface area contributed by atoms with Crippen molar-refractivity contribution in [3.63, 3.8) is 0 Å². The maximum absolute atomic E-state index is 14.3. The van der Waals surface area contributed by atoms with Gasteiger partial charge in [0, 0.05) is 6.54 Å². The van der Waals surface area contributed by atoms with Gasteiger partial charge in [-0.1, -0.05) is 48.5 Å². The minimum absolute atomic E-state index is 0.0638. The molecule has 4 aromatic rings. The van der Waals surface area contributed by atoms with E-state index in [2.05, 4.69) is 9.69 Å². The molecule has 5 N–H and O–H groups in total. The van der Waals surface area contributed by atoms with Crippen LogP contribution in [0.3, 0.4) is 0 Å². The van der Waals surface area contributed by atoms with Gasteiger partial charge in [0.25, 0.3) is 11.8 Å². The summed E-state index contributed by atoms with van der Waals surface area (Å²) in [5, 5.41) is 2.93. The number of carbonyl (C=O) groups excluding carboxylic acids is 3. The Balaban J connectivity index is 1.91. The van der Waals surface area contributed by atoms with E-state index in [1.165, 1.54) is 26.2 Å². The maximum atomic E-state index is 14.3. The fourth-order valence-electron chi connectivity index (χ4n) is 4.26. The first-order valence-electron chi connectivity index (χ1n) is 12.4. The topological polar surface area (TPSA) is 159 Å². The Morgan fingerprint density at radius 1 is 0.902 bits per heavy atom. The van der Waals surface area contributed by atoms with Crippen LogP contribution in [-0.4, -0.2) is 43.4 Å². The summed E-state index contributed by atoms with van der Waals surface area (Å²) in [5.74, 6) is -0.955. The van der Waals surface area contributed by atoms with Crippen LogP contribution in [0.5, 0.6) is 17.2 Å². The summed E-state index contributed by atoms with van der Waals surface area (Å²) in [6.45, 7) is 0.200. The summed E-state index contributed by atoms with van der Waals surface area (Å²) in [7, 11) is 4.42. The van der Waals surface area contributed by atoms with Gasteiger partial charge in [-0.25, -0.2) is 0 Å². The number of hydrogen-bond donors (Lipinski definition) is 3. The van der Waals surface area contributed by atoms with Crippen LogP contribution in [0.25, 0.3) is 0 Å².